The third-order valence-electron chi connectivity index (χ3n) is 6.45. The third-order valence-corrected chi connectivity index (χ3v) is 6.45. The zero-order valence-corrected chi connectivity index (χ0v) is 19.8. The molecule has 2 aromatic carbocycles. The molecule has 1 aliphatic carbocycles. The van der Waals surface area contributed by atoms with Gasteiger partial charge in [-0.2, -0.15) is 0 Å². The molecule has 1 atom stereocenters. The molecule has 178 valence electrons. The highest BCUT2D eigenvalue weighted by molar-refractivity contribution is 5.96. The van der Waals surface area contributed by atoms with Crippen LogP contribution in [0.2, 0.25) is 0 Å². The minimum Gasteiger partial charge on any atom is -0.497 e. The fourth-order valence-corrected chi connectivity index (χ4v) is 4.55. The number of hydrogen-bond donors (Lipinski definition) is 1. The fourth-order valence-electron chi connectivity index (χ4n) is 4.55. The maximum Gasteiger partial charge on any atom is 0.290 e. The number of carbonyl (C=O) groups is 2. The van der Waals surface area contributed by atoms with E-state index < -0.39 is 6.04 Å². The Morgan fingerprint density at radius 3 is 2.47 bits per heavy atom. The van der Waals surface area contributed by atoms with Gasteiger partial charge in [0.15, 0.2) is 5.76 Å². The molecule has 0 saturated heterocycles. The highest BCUT2D eigenvalue weighted by atomic mass is 16.5. The van der Waals surface area contributed by atoms with Crippen molar-refractivity contribution in [3.05, 3.63) is 89.4 Å². The molecule has 0 spiro atoms. The van der Waals surface area contributed by atoms with Crippen LogP contribution in [0.25, 0.3) is 0 Å². The van der Waals surface area contributed by atoms with Crippen LogP contribution in [0, 0.1) is 0 Å². The monoisotopic (exact) mass is 460 g/mol. The van der Waals surface area contributed by atoms with Gasteiger partial charge in [0.05, 0.1) is 13.4 Å². The summed E-state index contributed by atoms with van der Waals surface area (Å²) >= 11 is 0. The van der Waals surface area contributed by atoms with Crippen molar-refractivity contribution in [1.82, 2.24) is 10.2 Å². The van der Waals surface area contributed by atoms with Gasteiger partial charge in [-0.15, -0.1) is 0 Å². The minimum absolute atomic E-state index is 0.141. The van der Waals surface area contributed by atoms with E-state index in [2.05, 4.69) is 12.2 Å². The zero-order chi connectivity index (χ0) is 23.9. The van der Waals surface area contributed by atoms with Gasteiger partial charge in [-0.1, -0.05) is 56.2 Å². The van der Waals surface area contributed by atoms with Crippen LogP contribution in [0.5, 0.6) is 5.75 Å². The first-order chi connectivity index (χ1) is 16.6. The summed E-state index contributed by atoms with van der Waals surface area (Å²) < 4.78 is 10.8. The standard InChI is InChI=1S/C28H32N2O4/c1-3-20-13-15-22(16-14-20)26(27(31)29-23-9-4-5-10-23)30(28(32)25-12-7-17-34-25)19-21-8-6-11-24(18-21)33-2/h6-8,11-18,23,26H,3-5,9-10,19H2,1-2H3,(H,29,31)/t26-/m0/s1. The van der Waals surface area contributed by atoms with Gasteiger partial charge >= 0.3 is 0 Å². The lowest BCUT2D eigenvalue weighted by molar-refractivity contribution is -0.126. The molecule has 3 aromatic rings. The Hall–Kier alpha value is -3.54. The van der Waals surface area contributed by atoms with E-state index in [0.717, 1.165) is 43.2 Å². The average molecular weight is 461 g/mol. The fraction of sp³-hybridized carbons (Fsp3) is 0.357. The molecule has 6 heteroatoms. The number of furan rings is 1. The Kier molecular flexibility index (Phi) is 7.68. The second-order valence-corrected chi connectivity index (χ2v) is 8.75. The molecular formula is C28H32N2O4. The normalized spacial score (nSPS) is 14.5. The summed E-state index contributed by atoms with van der Waals surface area (Å²) in [6.07, 6.45) is 6.53. The van der Waals surface area contributed by atoms with E-state index in [1.54, 1.807) is 24.1 Å². The number of benzene rings is 2. The van der Waals surface area contributed by atoms with E-state index in [4.69, 9.17) is 9.15 Å². The van der Waals surface area contributed by atoms with Gasteiger partial charge in [0, 0.05) is 12.6 Å². The Labute approximate surface area is 200 Å². The maximum atomic E-state index is 13.7. The molecule has 6 nitrogen and oxygen atoms in total. The van der Waals surface area contributed by atoms with Crippen molar-refractivity contribution in [1.29, 1.82) is 0 Å². The van der Waals surface area contributed by atoms with Crippen LogP contribution in [0.15, 0.2) is 71.3 Å². The van der Waals surface area contributed by atoms with Gasteiger partial charge in [-0.3, -0.25) is 9.59 Å². The summed E-state index contributed by atoms with van der Waals surface area (Å²) in [7, 11) is 1.61. The molecule has 0 bridgehead atoms. The van der Waals surface area contributed by atoms with Crippen molar-refractivity contribution in [2.45, 2.75) is 57.7 Å². The van der Waals surface area contributed by atoms with Crippen molar-refractivity contribution >= 4 is 11.8 Å². The topological polar surface area (TPSA) is 71.8 Å². The van der Waals surface area contributed by atoms with E-state index in [9.17, 15) is 9.59 Å². The number of nitrogens with one attached hydrogen (secondary N) is 1. The van der Waals surface area contributed by atoms with E-state index in [-0.39, 0.29) is 30.2 Å². The average Bonchev–Trinajstić information content (AvgIpc) is 3.58. The van der Waals surface area contributed by atoms with Crippen LogP contribution >= 0.6 is 0 Å². The molecule has 0 radical (unpaired) electrons. The van der Waals surface area contributed by atoms with Crippen molar-refractivity contribution < 1.29 is 18.7 Å². The number of ether oxygens (including phenoxy) is 1. The van der Waals surface area contributed by atoms with E-state index in [0.29, 0.717) is 5.75 Å². The van der Waals surface area contributed by atoms with Gasteiger partial charge < -0.3 is 19.4 Å². The van der Waals surface area contributed by atoms with Gasteiger partial charge in [0.25, 0.3) is 5.91 Å². The molecule has 1 heterocycles. The molecule has 2 amide bonds. The zero-order valence-electron chi connectivity index (χ0n) is 19.8. The van der Waals surface area contributed by atoms with Crippen LogP contribution in [0.4, 0.5) is 0 Å². The number of hydrogen-bond acceptors (Lipinski definition) is 4. The minimum atomic E-state index is -0.796. The highest BCUT2D eigenvalue weighted by Crippen LogP contribution is 2.29. The molecule has 0 unspecified atom stereocenters. The summed E-state index contributed by atoms with van der Waals surface area (Å²) in [5.41, 5.74) is 2.81. The number of amides is 2. The first kappa shape index (κ1) is 23.6. The van der Waals surface area contributed by atoms with Crippen molar-refractivity contribution in [3.8, 4) is 5.75 Å². The van der Waals surface area contributed by atoms with Gasteiger partial charge in [0.1, 0.15) is 11.8 Å². The first-order valence-electron chi connectivity index (χ1n) is 12.0. The lowest BCUT2D eigenvalue weighted by atomic mass is 10.00. The largest absolute Gasteiger partial charge is 0.497 e. The summed E-state index contributed by atoms with van der Waals surface area (Å²) in [6, 6.07) is 18.1. The number of methoxy groups -OCH3 is 1. The van der Waals surface area contributed by atoms with Crippen LogP contribution in [0.1, 0.15) is 65.9 Å². The molecule has 34 heavy (non-hydrogen) atoms. The second kappa shape index (κ2) is 11.1. The van der Waals surface area contributed by atoms with Gasteiger partial charge in [-0.05, 0) is 60.2 Å². The quantitative estimate of drug-likeness (QED) is 0.471. The summed E-state index contributed by atoms with van der Waals surface area (Å²) in [4.78, 5) is 29.0. The van der Waals surface area contributed by atoms with Crippen LogP contribution in [-0.4, -0.2) is 29.9 Å². The Bertz CT molecular complexity index is 1090. The Morgan fingerprint density at radius 1 is 1.06 bits per heavy atom. The lowest BCUT2D eigenvalue weighted by Gasteiger charge is -2.32. The van der Waals surface area contributed by atoms with Crippen LogP contribution in [0.3, 0.4) is 0 Å². The maximum absolute atomic E-state index is 13.7. The molecule has 1 saturated carbocycles. The molecule has 1 aromatic heterocycles. The summed E-state index contributed by atoms with van der Waals surface area (Å²) in [5, 5.41) is 3.21. The van der Waals surface area contributed by atoms with E-state index >= 15 is 0 Å². The van der Waals surface area contributed by atoms with Crippen molar-refractivity contribution in [2.24, 2.45) is 0 Å². The smallest absolute Gasteiger partial charge is 0.290 e. The molecule has 4 rings (SSSR count). The highest BCUT2D eigenvalue weighted by Gasteiger charge is 2.34. The Balaban J connectivity index is 1.74. The third kappa shape index (κ3) is 5.50. The summed E-state index contributed by atoms with van der Waals surface area (Å²) in [6.45, 7) is 2.32. The Morgan fingerprint density at radius 2 is 1.82 bits per heavy atom. The van der Waals surface area contributed by atoms with Crippen molar-refractivity contribution in [2.75, 3.05) is 7.11 Å². The number of nitrogens with zero attached hydrogens (tertiary/aromatic N) is 1. The number of rotatable bonds is 9. The van der Waals surface area contributed by atoms with Crippen molar-refractivity contribution in [3.63, 3.8) is 0 Å². The SMILES string of the molecule is CCc1ccc([C@@H](C(=O)NC2CCCC2)N(Cc2cccc(OC)c2)C(=O)c2ccco2)cc1. The molecular weight excluding hydrogens is 428 g/mol. The molecule has 1 aliphatic rings. The molecule has 1 N–H and O–H groups in total. The molecule has 1 fully saturated rings. The van der Waals surface area contributed by atoms with Crippen LogP contribution in [-0.2, 0) is 17.8 Å². The lowest BCUT2D eigenvalue weighted by Crippen LogP contribution is -2.45. The number of carbonyl (C=O) groups excluding carboxylic acids is 2. The van der Waals surface area contributed by atoms with E-state index in [1.807, 2.05) is 48.5 Å². The first-order valence-corrected chi connectivity index (χ1v) is 12.0. The predicted molar refractivity (Wildman–Crippen MR) is 131 cm³/mol. The van der Waals surface area contributed by atoms with Crippen LogP contribution < -0.4 is 10.1 Å². The predicted octanol–water partition coefficient (Wildman–Crippen LogP) is 5.29. The van der Waals surface area contributed by atoms with E-state index in [1.165, 1.54) is 11.8 Å². The molecule has 0 aliphatic heterocycles. The number of aryl methyl sites for hydroxylation is 1. The van der Waals surface area contributed by atoms with Gasteiger partial charge in [0.2, 0.25) is 5.91 Å². The summed E-state index contributed by atoms with van der Waals surface area (Å²) in [5.74, 6) is 0.395. The second-order valence-electron chi connectivity index (χ2n) is 8.75. The van der Waals surface area contributed by atoms with Gasteiger partial charge in [-0.25, -0.2) is 0 Å².